The maximum Gasteiger partial charge on any atom is 0.243 e. The summed E-state index contributed by atoms with van der Waals surface area (Å²) in [4.78, 5) is 6.27. The molecule has 0 unspecified atom stereocenters. The van der Waals surface area contributed by atoms with E-state index in [-0.39, 0.29) is 0 Å². The van der Waals surface area contributed by atoms with E-state index in [2.05, 4.69) is 4.98 Å². The lowest BCUT2D eigenvalue weighted by atomic mass is 10.2. The predicted molar refractivity (Wildman–Crippen MR) is 96.4 cm³/mol. The van der Waals surface area contributed by atoms with Gasteiger partial charge in [0.15, 0.2) is 0 Å². The van der Waals surface area contributed by atoms with Gasteiger partial charge in [-0.15, -0.1) is 0 Å². The normalized spacial score (nSPS) is 16.4. The van der Waals surface area contributed by atoms with Crippen molar-refractivity contribution in [1.82, 2.24) is 9.29 Å². The second kappa shape index (κ2) is 6.88. The van der Waals surface area contributed by atoms with Crippen LogP contribution in [-0.4, -0.2) is 43.9 Å². The molecule has 2 heterocycles. The highest BCUT2D eigenvalue weighted by molar-refractivity contribution is 7.89. The molecule has 1 saturated heterocycles. The Labute approximate surface area is 151 Å². The van der Waals surface area contributed by atoms with Gasteiger partial charge in [-0.25, -0.2) is 8.42 Å². The Balaban J connectivity index is 1.78. The molecule has 0 radical (unpaired) electrons. The van der Waals surface area contributed by atoms with Gasteiger partial charge < -0.3 is 4.90 Å². The lowest BCUT2D eigenvalue weighted by Crippen LogP contribution is -2.48. The smallest absolute Gasteiger partial charge is 0.243 e. The van der Waals surface area contributed by atoms with E-state index in [1.807, 2.05) is 17.9 Å². The number of pyridine rings is 1. The summed E-state index contributed by atoms with van der Waals surface area (Å²) in [5.74, 6) is 0. The molecule has 0 aliphatic carbocycles. The molecule has 1 aliphatic heterocycles. The Morgan fingerprint density at radius 3 is 2.25 bits per heavy atom. The molecule has 128 valence electrons. The highest BCUT2D eigenvalue weighted by Gasteiger charge is 2.29. The summed E-state index contributed by atoms with van der Waals surface area (Å²) in [7, 11) is -3.48. The third-order valence-electron chi connectivity index (χ3n) is 4.01. The van der Waals surface area contributed by atoms with Crippen LogP contribution in [0.2, 0.25) is 10.0 Å². The van der Waals surface area contributed by atoms with Crippen LogP contribution < -0.4 is 4.90 Å². The molecule has 0 spiro atoms. The number of nitrogens with zero attached hydrogens (tertiary/aromatic N) is 3. The molecule has 8 heteroatoms. The van der Waals surface area contributed by atoms with Gasteiger partial charge in [-0.2, -0.15) is 4.31 Å². The van der Waals surface area contributed by atoms with E-state index in [1.54, 1.807) is 30.6 Å². The predicted octanol–water partition coefficient (Wildman–Crippen LogP) is 3.21. The van der Waals surface area contributed by atoms with Crippen molar-refractivity contribution in [2.75, 3.05) is 31.1 Å². The summed E-state index contributed by atoms with van der Waals surface area (Å²) < 4.78 is 27.0. The minimum absolute atomic E-state index is 0.330. The number of halogens is 2. The number of aromatic nitrogens is 1. The van der Waals surface area contributed by atoms with Crippen LogP contribution in [0, 0.1) is 6.92 Å². The van der Waals surface area contributed by atoms with Gasteiger partial charge in [0, 0.05) is 38.6 Å². The fourth-order valence-corrected chi connectivity index (χ4v) is 4.91. The van der Waals surface area contributed by atoms with Crippen molar-refractivity contribution in [3.8, 4) is 0 Å². The first-order valence-corrected chi connectivity index (χ1v) is 9.70. The molecular weight excluding hydrogens is 369 g/mol. The van der Waals surface area contributed by atoms with E-state index < -0.39 is 10.0 Å². The molecule has 1 aliphatic rings. The third kappa shape index (κ3) is 3.37. The zero-order chi connectivity index (χ0) is 17.3. The fourth-order valence-electron chi connectivity index (χ4n) is 2.78. The van der Waals surface area contributed by atoms with E-state index >= 15 is 0 Å². The topological polar surface area (TPSA) is 53.5 Å². The van der Waals surface area contributed by atoms with Crippen LogP contribution in [0.4, 0.5) is 5.69 Å². The molecule has 0 saturated carbocycles. The molecule has 1 aromatic carbocycles. The second-order valence-electron chi connectivity index (χ2n) is 5.66. The van der Waals surface area contributed by atoms with Crippen molar-refractivity contribution in [3.05, 3.63) is 52.3 Å². The average Bonchev–Trinajstić information content (AvgIpc) is 2.55. The highest BCUT2D eigenvalue weighted by atomic mass is 35.5. The molecule has 1 fully saturated rings. The van der Waals surface area contributed by atoms with Gasteiger partial charge >= 0.3 is 0 Å². The number of aryl methyl sites for hydroxylation is 1. The van der Waals surface area contributed by atoms with Crippen molar-refractivity contribution in [3.63, 3.8) is 0 Å². The van der Waals surface area contributed by atoms with E-state index in [4.69, 9.17) is 23.2 Å². The minimum atomic E-state index is -3.48. The average molecular weight is 386 g/mol. The van der Waals surface area contributed by atoms with Crippen molar-refractivity contribution in [1.29, 1.82) is 0 Å². The second-order valence-corrected chi connectivity index (χ2v) is 8.41. The van der Waals surface area contributed by atoms with Crippen LogP contribution in [0.15, 0.2) is 41.6 Å². The number of rotatable bonds is 3. The number of hydrogen-bond donors (Lipinski definition) is 0. The first-order chi connectivity index (χ1) is 11.4. The summed E-state index contributed by atoms with van der Waals surface area (Å²) in [6, 6.07) is 6.96. The lowest BCUT2D eigenvalue weighted by molar-refractivity contribution is 0.385. The molecule has 24 heavy (non-hydrogen) atoms. The van der Waals surface area contributed by atoms with E-state index in [1.165, 1.54) is 4.31 Å². The SMILES string of the molecule is Cc1cccc(S(=O)(=O)N2CCN(c3c(Cl)cncc3Cl)CC2)c1. The minimum Gasteiger partial charge on any atom is -0.366 e. The van der Waals surface area contributed by atoms with Gasteiger partial charge in [0.05, 0.1) is 20.6 Å². The van der Waals surface area contributed by atoms with E-state index in [0.29, 0.717) is 46.8 Å². The molecular formula is C16H17Cl2N3O2S. The van der Waals surface area contributed by atoms with Gasteiger partial charge in [0.25, 0.3) is 0 Å². The van der Waals surface area contributed by atoms with Crippen LogP contribution in [-0.2, 0) is 10.0 Å². The lowest BCUT2D eigenvalue weighted by Gasteiger charge is -2.36. The molecule has 0 N–H and O–H groups in total. The first-order valence-electron chi connectivity index (χ1n) is 7.50. The van der Waals surface area contributed by atoms with Gasteiger partial charge in [-0.05, 0) is 24.6 Å². The van der Waals surface area contributed by atoms with E-state index in [9.17, 15) is 8.42 Å². The number of benzene rings is 1. The molecule has 3 rings (SSSR count). The number of anilines is 1. The molecule has 0 bridgehead atoms. The quantitative estimate of drug-likeness (QED) is 0.813. The van der Waals surface area contributed by atoms with Crippen LogP contribution in [0.3, 0.4) is 0 Å². The van der Waals surface area contributed by atoms with Gasteiger partial charge in [-0.1, -0.05) is 35.3 Å². The fraction of sp³-hybridized carbons (Fsp3) is 0.312. The van der Waals surface area contributed by atoms with Crippen LogP contribution in [0.25, 0.3) is 0 Å². The monoisotopic (exact) mass is 385 g/mol. The molecule has 0 atom stereocenters. The van der Waals surface area contributed by atoms with Gasteiger partial charge in [0.1, 0.15) is 0 Å². The molecule has 0 amide bonds. The van der Waals surface area contributed by atoms with Gasteiger partial charge in [-0.3, -0.25) is 4.98 Å². The summed E-state index contributed by atoms with van der Waals surface area (Å²) in [6.07, 6.45) is 3.08. The maximum absolute atomic E-state index is 12.8. The highest BCUT2D eigenvalue weighted by Crippen LogP contribution is 2.33. The summed E-state index contributed by atoms with van der Waals surface area (Å²) in [6.45, 7) is 3.68. The largest absolute Gasteiger partial charge is 0.366 e. The van der Waals surface area contributed by atoms with Crippen molar-refractivity contribution in [2.45, 2.75) is 11.8 Å². The number of sulfonamides is 1. The van der Waals surface area contributed by atoms with Crippen molar-refractivity contribution in [2.24, 2.45) is 0 Å². The first kappa shape index (κ1) is 17.5. The Hall–Kier alpha value is -1.34. The van der Waals surface area contributed by atoms with Crippen LogP contribution >= 0.6 is 23.2 Å². The van der Waals surface area contributed by atoms with Gasteiger partial charge in [0.2, 0.25) is 10.0 Å². The Kier molecular flexibility index (Phi) is 5.01. The Morgan fingerprint density at radius 2 is 1.67 bits per heavy atom. The third-order valence-corrected chi connectivity index (χ3v) is 6.46. The van der Waals surface area contributed by atoms with Crippen molar-refractivity contribution >= 4 is 38.9 Å². The Bertz CT molecular complexity index is 830. The zero-order valence-corrected chi connectivity index (χ0v) is 15.4. The molecule has 2 aromatic rings. The van der Waals surface area contributed by atoms with Crippen molar-refractivity contribution < 1.29 is 8.42 Å². The Morgan fingerprint density at radius 1 is 1.04 bits per heavy atom. The van der Waals surface area contributed by atoms with Crippen LogP contribution in [0.1, 0.15) is 5.56 Å². The number of hydrogen-bond acceptors (Lipinski definition) is 4. The standard InChI is InChI=1S/C16H17Cl2N3O2S/c1-12-3-2-4-13(9-12)24(22,23)21-7-5-20(6-8-21)16-14(17)10-19-11-15(16)18/h2-4,9-11H,5-8H2,1H3. The summed E-state index contributed by atoms with van der Waals surface area (Å²) >= 11 is 12.4. The summed E-state index contributed by atoms with van der Waals surface area (Å²) in [5, 5.41) is 0.940. The molecule has 5 nitrogen and oxygen atoms in total. The maximum atomic E-state index is 12.8. The zero-order valence-electron chi connectivity index (χ0n) is 13.1. The van der Waals surface area contributed by atoms with E-state index in [0.717, 1.165) is 5.56 Å². The number of piperazine rings is 1. The van der Waals surface area contributed by atoms with Crippen LogP contribution in [0.5, 0.6) is 0 Å². The molecule has 1 aromatic heterocycles. The summed E-state index contributed by atoms with van der Waals surface area (Å²) in [5.41, 5.74) is 1.63.